The van der Waals surface area contributed by atoms with E-state index in [-0.39, 0.29) is 18.4 Å². The molecule has 1 unspecified atom stereocenters. The Morgan fingerprint density at radius 3 is 2.69 bits per heavy atom. The van der Waals surface area contributed by atoms with Gasteiger partial charge in [-0.3, -0.25) is 4.79 Å². The maximum atomic E-state index is 13.2. The Labute approximate surface area is 193 Å². The molecule has 0 radical (unpaired) electrons. The van der Waals surface area contributed by atoms with Crippen LogP contribution in [0, 0.1) is 0 Å². The monoisotopic (exact) mass is 455 g/mol. The third-order valence-corrected chi connectivity index (χ3v) is 6.65. The van der Waals surface area contributed by atoms with Gasteiger partial charge in [-0.15, -0.1) is 0 Å². The average Bonchev–Trinajstić information content (AvgIpc) is 3.43. The molecule has 0 saturated carbocycles. The van der Waals surface area contributed by atoms with Gasteiger partial charge >= 0.3 is 5.97 Å². The topological polar surface area (TPSA) is 71.4 Å². The van der Waals surface area contributed by atoms with Crippen molar-refractivity contribution in [2.24, 2.45) is 4.99 Å². The minimum absolute atomic E-state index is 0.109. The molecule has 3 heterocycles. The number of thioether (sulfide) groups is 1. The number of benzene rings is 1. The van der Waals surface area contributed by atoms with Crippen LogP contribution in [0.2, 0.25) is 0 Å². The molecule has 1 fully saturated rings. The molecule has 3 aliphatic heterocycles. The number of aliphatic imine (C=N–C) groups is 1. The number of ether oxygens (including phenoxy) is 2. The molecule has 170 valence electrons. The zero-order chi connectivity index (χ0) is 22.8. The summed E-state index contributed by atoms with van der Waals surface area (Å²) in [6.07, 6.45) is 2.13. The Morgan fingerprint density at radius 2 is 2.00 bits per heavy atom. The Bertz CT molecular complexity index is 1010. The van der Waals surface area contributed by atoms with E-state index in [4.69, 9.17) is 14.5 Å². The average molecular weight is 456 g/mol. The number of hydrogen-bond donors (Lipinski definition) is 0. The number of rotatable bonds is 6. The van der Waals surface area contributed by atoms with E-state index in [1.165, 1.54) is 11.8 Å². The number of hydrogen-bond acceptors (Lipinski definition) is 7. The number of carbonyl (C=O) groups is 2. The van der Waals surface area contributed by atoms with E-state index in [2.05, 4.69) is 0 Å². The van der Waals surface area contributed by atoms with Crippen LogP contribution < -0.4 is 4.74 Å². The van der Waals surface area contributed by atoms with Gasteiger partial charge in [0, 0.05) is 18.8 Å². The van der Waals surface area contributed by atoms with E-state index in [0.717, 1.165) is 42.4 Å². The molecule has 1 saturated heterocycles. The molecule has 3 aliphatic rings. The van der Waals surface area contributed by atoms with E-state index in [9.17, 15) is 9.59 Å². The van der Waals surface area contributed by atoms with Gasteiger partial charge in [0.2, 0.25) is 5.91 Å². The Hall–Kier alpha value is -2.74. The highest BCUT2D eigenvalue weighted by Crippen LogP contribution is 2.45. The number of amidine groups is 1. The van der Waals surface area contributed by atoms with Crippen molar-refractivity contribution in [3.05, 3.63) is 52.2 Å². The van der Waals surface area contributed by atoms with Crippen molar-refractivity contribution in [3.63, 3.8) is 0 Å². The fraction of sp³-hybridized carbons (Fsp3) is 0.458. The van der Waals surface area contributed by atoms with Gasteiger partial charge in [0.05, 0.1) is 36.9 Å². The summed E-state index contributed by atoms with van der Waals surface area (Å²) in [5, 5.41) is 2.74. The quantitative estimate of drug-likeness (QED) is 0.598. The molecular weight excluding hydrogens is 426 g/mol. The smallest absolute Gasteiger partial charge is 0.338 e. The van der Waals surface area contributed by atoms with Crippen molar-refractivity contribution in [1.82, 2.24) is 9.80 Å². The van der Waals surface area contributed by atoms with Gasteiger partial charge in [0.25, 0.3) is 0 Å². The molecule has 0 bridgehead atoms. The second kappa shape index (κ2) is 9.40. The molecule has 7 nitrogen and oxygen atoms in total. The van der Waals surface area contributed by atoms with Crippen LogP contribution in [0.25, 0.3) is 0 Å². The molecule has 1 aromatic rings. The maximum Gasteiger partial charge on any atom is 0.338 e. The molecule has 1 amide bonds. The van der Waals surface area contributed by atoms with Gasteiger partial charge in [-0.25, -0.2) is 9.79 Å². The summed E-state index contributed by atoms with van der Waals surface area (Å²) >= 11 is 1.48. The van der Waals surface area contributed by atoms with Crippen molar-refractivity contribution in [1.29, 1.82) is 0 Å². The standard InChI is InChI=1S/C24H29N3O4S/c1-15(2)31-23(29)21-16(3)25-24-27(22(21)17-8-7-9-19(12-17)30-4)18(14-32-24)13-20(28)26-10-5-6-11-26/h7-9,12,14-15,22H,5-6,10-11,13H2,1-4H3. The Balaban J connectivity index is 1.73. The van der Waals surface area contributed by atoms with Crippen LogP contribution >= 0.6 is 11.8 Å². The number of carbonyl (C=O) groups excluding carboxylic acids is 2. The second-order valence-electron chi connectivity index (χ2n) is 8.39. The van der Waals surface area contributed by atoms with E-state index in [1.54, 1.807) is 7.11 Å². The summed E-state index contributed by atoms with van der Waals surface area (Å²) in [6.45, 7) is 7.12. The Morgan fingerprint density at radius 1 is 1.25 bits per heavy atom. The van der Waals surface area contributed by atoms with E-state index in [0.29, 0.717) is 17.0 Å². The molecule has 1 aromatic carbocycles. The summed E-state index contributed by atoms with van der Waals surface area (Å²) in [4.78, 5) is 34.7. The lowest BCUT2D eigenvalue weighted by atomic mass is 9.93. The predicted molar refractivity (Wildman–Crippen MR) is 125 cm³/mol. The number of amides is 1. The number of methoxy groups -OCH3 is 1. The zero-order valence-electron chi connectivity index (χ0n) is 19.0. The maximum absolute atomic E-state index is 13.2. The van der Waals surface area contributed by atoms with Crippen LogP contribution in [0.1, 0.15) is 51.6 Å². The van der Waals surface area contributed by atoms with Gasteiger partial charge in [0.1, 0.15) is 5.75 Å². The van der Waals surface area contributed by atoms with Crippen LogP contribution in [0.4, 0.5) is 0 Å². The third-order valence-electron chi connectivity index (χ3n) is 5.76. The molecule has 0 aliphatic carbocycles. The van der Waals surface area contributed by atoms with Crippen molar-refractivity contribution < 1.29 is 19.1 Å². The highest BCUT2D eigenvalue weighted by atomic mass is 32.2. The fourth-order valence-electron chi connectivity index (χ4n) is 4.27. The van der Waals surface area contributed by atoms with Crippen molar-refractivity contribution in [2.75, 3.05) is 20.2 Å². The first-order chi connectivity index (χ1) is 15.4. The number of likely N-dealkylation sites (tertiary alicyclic amines) is 1. The highest BCUT2D eigenvalue weighted by molar-refractivity contribution is 8.16. The van der Waals surface area contributed by atoms with Gasteiger partial charge < -0.3 is 19.3 Å². The van der Waals surface area contributed by atoms with E-state index < -0.39 is 12.0 Å². The molecular formula is C24H29N3O4S. The highest BCUT2D eigenvalue weighted by Gasteiger charge is 2.41. The van der Waals surface area contributed by atoms with Crippen molar-refractivity contribution in [2.45, 2.75) is 52.2 Å². The Kier molecular flexibility index (Phi) is 6.60. The summed E-state index contributed by atoms with van der Waals surface area (Å²) < 4.78 is 11.0. The molecule has 8 heteroatoms. The van der Waals surface area contributed by atoms with Crippen LogP contribution in [-0.2, 0) is 14.3 Å². The third kappa shape index (κ3) is 4.41. The normalized spacial score (nSPS) is 20.3. The van der Waals surface area contributed by atoms with E-state index >= 15 is 0 Å². The van der Waals surface area contributed by atoms with E-state index in [1.807, 2.05) is 60.2 Å². The van der Waals surface area contributed by atoms with Gasteiger partial charge in [-0.05, 0) is 56.7 Å². The second-order valence-corrected chi connectivity index (χ2v) is 9.22. The SMILES string of the molecule is COc1cccc(C2C(C(=O)OC(C)C)=C(C)N=C3SC=C(CC(=O)N4CCCC4)N32)c1. The van der Waals surface area contributed by atoms with Gasteiger partial charge in [0.15, 0.2) is 5.17 Å². The summed E-state index contributed by atoms with van der Waals surface area (Å²) in [5.74, 6) is 0.416. The summed E-state index contributed by atoms with van der Waals surface area (Å²) in [5.41, 5.74) is 2.84. The molecule has 0 N–H and O–H groups in total. The lowest BCUT2D eigenvalue weighted by Gasteiger charge is -2.36. The number of fused-ring (bicyclic) bond motifs is 1. The summed E-state index contributed by atoms with van der Waals surface area (Å²) in [7, 11) is 1.62. The number of esters is 1. The fourth-order valence-corrected chi connectivity index (χ4v) is 5.23. The van der Waals surface area contributed by atoms with Crippen molar-refractivity contribution >= 4 is 28.8 Å². The van der Waals surface area contributed by atoms with Crippen molar-refractivity contribution in [3.8, 4) is 5.75 Å². The molecule has 0 aromatic heterocycles. The molecule has 32 heavy (non-hydrogen) atoms. The van der Waals surface area contributed by atoms with Crippen LogP contribution in [0.15, 0.2) is 51.6 Å². The first-order valence-electron chi connectivity index (χ1n) is 11.0. The van der Waals surface area contributed by atoms with Crippen LogP contribution in [-0.4, -0.2) is 53.1 Å². The number of allylic oxidation sites excluding steroid dienone is 1. The van der Waals surface area contributed by atoms with Gasteiger partial charge in [-0.1, -0.05) is 23.9 Å². The first kappa shape index (κ1) is 22.5. The zero-order valence-corrected chi connectivity index (χ0v) is 19.8. The lowest BCUT2D eigenvalue weighted by Crippen LogP contribution is -2.38. The number of nitrogens with zero attached hydrogens (tertiary/aromatic N) is 3. The molecule has 4 rings (SSSR count). The summed E-state index contributed by atoms with van der Waals surface area (Å²) in [6, 6.07) is 7.22. The minimum Gasteiger partial charge on any atom is -0.497 e. The largest absolute Gasteiger partial charge is 0.497 e. The minimum atomic E-state index is -0.448. The predicted octanol–water partition coefficient (Wildman–Crippen LogP) is 4.23. The first-order valence-corrected chi connectivity index (χ1v) is 11.8. The van der Waals surface area contributed by atoms with Crippen LogP contribution in [0.5, 0.6) is 5.75 Å². The molecule has 1 atom stereocenters. The lowest BCUT2D eigenvalue weighted by molar-refractivity contribution is -0.143. The van der Waals surface area contributed by atoms with Gasteiger partial charge in [-0.2, -0.15) is 0 Å². The molecule has 0 spiro atoms. The van der Waals surface area contributed by atoms with Crippen LogP contribution in [0.3, 0.4) is 0 Å².